The second kappa shape index (κ2) is 7.59. The molecule has 2 fully saturated rings. The summed E-state index contributed by atoms with van der Waals surface area (Å²) in [5, 5.41) is 3.21. The Balaban J connectivity index is 0.00000180. The van der Waals surface area contributed by atoms with Crippen LogP contribution in [0, 0.1) is 5.92 Å². The van der Waals surface area contributed by atoms with Crippen LogP contribution in [0.15, 0.2) is 4.99 Å². The van der Waals surface area contributed by atoms with Gasteiger partial charge in [0.2, 0.25) is 5.92 Å². The van der Waals surface area contributed by atoms with Gasteiger partial charge < -0.3 is 11.1 Å². The highest BCUT2D eigenvalue weighted by atomic mass is 127. The highest BCUT2D eigenvalue weighted by Gasteiger charge is 2.34. The molecule has 0 amide bonds. The number of halogens is 3. The zero-order valence-electron chi connectivity index (χ0n) is 11.2. The van der Waals surface area contributed by atoms with Gasteiger partial charge in [-0.05, 0) is 31.6 Å². The fraction of sp³-hybridized carbons (Fsp3) is 0.923. The quantitative estimate of drug-likeness (QED) is 0.444. The van der Waals surface area contributed by atoms with Crippen molar-refractivity contribution in [1.82, 2.24) is 5.32 Å². The lowest BCUT2D eigenvalue weighted by molar-refractivity contribution is -0.0446. The number of guanidine groups is 1. The number of hydrogen-bond donors (Lipinski definition) is 2. The van der Waals surface area contributed by atoms with E-state index in [2.05, 4.69) is 10.3 Å². The van der Waals surface area contributed by atoms with E-state index in [-0.39, 0.29) is 42.7 Å². The summed E-state index contributed by atoms with van der Waals surface area (Å²) in [5.74, 6) is -1.69. The molecule has 112 valence electrons. The monoisotopic (exact) mass is 387 g/mol. The van der Waals surface area contributed by atoms with Crippen molar-refractivity contribution in [2.45, 2.75) is 63.3 Å². The summed E-state index contributed by atoms with van der Waals surface area (Å²) in [7, 11) is 0. The average molecular weight is 387 g/mol. The maximum atomic E-state index is 13.0. The molecule has 0 aromatic heterocycles. The lowest BCUT2D eigenvalue weighted by atomic mass is 9.87. The molecule has 0 radical (unpaired) electrons. The Morgan fingerprint density at radius 3 is 2.32 bits per heavy atom. The normalized spacial score (nSPS) is 25.1. The van der Waals surface area contributed by atoms with E-state index in [4.69, 9.17) is 5.73 Å². The molecule has 2 saturated carbocycles. The topological polar surface area (TPSA) is 50.4 Å². The fourth-order valence-electron chi connectivity index (χ4n) is 2.83. The highest BCUT2D eigenvalue weighted by molar-refractivity contribution is 14.0. The largest absolute Gasteiger partial charge is 0.370 e. The first kappa shape index (κ1) is 16.9. The van der Waals surface area contributed by atoms with Gasteiger partial charge >= 0.3 is 0 Å². The van der Waals surface area contributed by atoms with Gasteiger partial charge in [0.15, 0.2) is 5.96 Å². The van der Waals surface area contributed by atoms with E-state index in [0.29, 0.717) is 31.4 Å². The van der Waals surface area contributed by atoms with E-state index < -0.39 is 5.92 Å². The third-order valence-corrected chi connectivity index (χ3v) is 4.06. The number of hydrogen-bond acceptors (Lipinski definition) is 1. The second-order valence-corrected chi connectivity index (χ2v) is 5.65. The molecule has 0 aliphatic heterocycles. The predicted molar refractivity (Wildman–Crippen MR) is 84.2 cm³/mol. The van der Waals surface area contributed by atoms with Crippen LogP contribution in [-0.4, -0.2) is 24.5 Å². The molecule has 0 unspecified atom stereocenters. The smallest absolute Gasteiger partial charge is 0.248 e. The van der Waals surface area contributed by atoms with Gasteiger partial charge in [-0.1, -0.05) is 12.8 Å². The molecule has 0 aromatic carbocycles. The van der Waals surface area contributed by atoms with Crippen molar-refractivity contribution in [2.75, 3.05) is 6.54 Å². The van der Waals surface area contributed by atoms with Crippen molar-refractivity contribution in [3.63, 3.8) is 0 Å². The second-order valence-electron chi connectivity index (χ2n) is 5.65. The minimum absolute atomic E-state index is 0. The molecule has 2 aliphatic rings. The molecule has 2 aliphatic carbocycles. The molecule has 2 rings (SSSR count). The predicted octanol–water partition coefficient (Wildman–Crippen LogP) is 3.28. The van der Waals surface area contributed by atoms with Gasteiger partial charge in [-0.15, -0.1) is 24.0 Å². The van der Waals surface area contributed by atoms with Gasteiger partial charge in [-0.3, -0.25) is 4.99 Å². The zero-order valence-corrected chi connectivity index (χ0v) is 13.5. The fourth-order valence-corrected chi connectivity index (χ4v) is 2.83. The summed E-state index contributed by atoms with van der Waals surface area (Å²) in [6.07, 6.45) is 5.95. The zero-order chi connectivity index (χ0) is 13.0. The SMILES string of the molecule is I.NC(=NCC1CCC(F)(F)CC1)NC1CCCC1. The Morgan fingerprint density at radius 1 is 1.16 bits per heavy atom. The van der Waals surface area contributed by atoms with E-state index in [1.807, 2.05) is 0 Å². The lowest BCUT2D eigenvalue weighted by Gasteiger charge is -2.27. The van der Waals surface area contributed by atoms with Crippen LogP contribution in [0.3, 0.4) is 0 Å². The maximum Gasteiger partial charge on any atom is 0.248 e. The van der Waals surface area contributed by atoms with Crippen LogP contribution in [0.4, 0.5) is 8.78 Å². The third kappa shape index (κ3) is 5.79. The summed E-state index contributed by atoms with van der Waals surface area (Å²) < 4.78 is 25.9. The van der Waals surface area contributed by atoms with Crippen LogP contribution in [0.25, 0.3) is 0 Å². The van der Waals surface area contributed by atoms with Gasteiger partial charge in [-0.2, -0.15) is 0 Å². The van der Waals surface area contributed by atoms with Crippen LogP contribution in [0.5, 0.6) is 0 Å². The highest BCUT2D eigenvalue weighted by Crippen LogP contribution is 2.36. The number of nitrogens with zero attached hydrogens (tertiary/aromatic N) is 1. The molecule has 0 saturated heterocycles. The first-order chi connectivity index (χ1) is 8.55. The van der Waals surface area contributed by atoms with E-state index in [1.165, 1.54) is 12.8 Å². The molecular formula is C13H24F2IN3. The summed E-state index contributed by atoms with van der Waals surface area (Å²) in [4.78, 5) is 4.30. The molecule has 6 heteroatoms. The number of nitrogens with two attached hydrogens (primary N) is 1. The van der Waals surface area contributed by atoms with Crippen molar-refractivity contribution in [3.8, 4) is 0 Å². The molecule has 0 atom stereocenters. The van der Waals surface area contributed by atoms with Gasteiger partial charge in [0.05, 0.1) is 0 Å². The van der Waals surface area contributed by atoms with E-state index in [1.54, 1.807) is 0 Å². The van der Waals surface area contributed by atoms with Gasteiger partial charge in [-0.25, -0.2) is 8.78 Å². The molecule has 3 N–H and O–H groups in total. The van der Waals surface area contributed by atoms with Crippen LogP contribution in [0.2, 0.25) is 0 Å². The molecule has 0 spiro atoms. The number of rotatable bonds is 3. The van der Waals surface area contributed by atoms with Crippen molar-refractivity contribution in [2.24, 2.45) is 16.6 Å². The average Bonchev–Trinajstić information content (AvgIpc) is 2.80. The Bertz CT molecular complexity index is 294. The van der Waals surface area contributed by atoms with Crippen LogP contribution in [0.1, 0.15) is 51.4 Å². The van der Waals surface area contributed by atoms with Gasteiger partial charge in [0.1, 0.15) is 0 Å². The molecule has 19 heavy (non-hydrogen) atoms. The first-order valence-corrected chi connectivity index (χ1v) is 6.99. The summed E-state index contributed by atoms with van der Waals surface area (Å²) in [6.45, 7) is 0.585. The minimum atomic E-state index is -2.45. The molecule has 0 aromatic rings. The number of nitrogens with one attached hydrogen (secondary N) is 1. The standard InChI is InChI=1S/C13H23F2N3.HI/c14-13(15)7-5-10(6-8-13)9-17-12(16)18-11-3-1-2-4-11;/h10-11H,1-9H2,(H3,16,17,18);1H. The number of alkyl halides is 2. The van der Waals surface area contributed by atoms with E-state index in [0.717, 1.165) is 12.8 Å². The van der Waals surface area contributed by atoms with E-state index >= 15 is 0 Å². The van der Waals surface area contributed by atoms with E-state index in [9.17, 15) is 8.78 Å². The molecular weight excluding hydrogens is 363 g/mol. The van der Waals surface area contributed by atoms with Crippen molar-refractivity contribution in [3.05, 3.63) is 0 Å². The van der Waals surface area contributed by atoms with Gasteiger partial charge in [0, 0.05) is 25.4 Å². The lowest BCUT2D eigenvalue weighted by Crippen LogP contribution is -2.39. The van der Waals surface area contributed by atoms with Crippen LogP contribution in [-0.2, 0) is 0 Å². The molecule has 3 nitrogen and oxygen atoms in total. The van der Waals surface area contributed by atoms with Crippen LogP contribution < -0.4 is 11.1 Å². The maximum absolute atomic E-state index is 13.0. The third-order valence-electron chi connectivity index (χ3n) is 4.06. The Kier molecular flexibility index (Phi) is 6.76. The Hall–Kier alpha value is -0.140. The minimum Gasteiger partial charge on any atom is -0.370 e. The Morgan fingerprint density at radius 2 is 1.74 bits per heavy atom. The van der Waals surface area contributed by atoms with Crippen molar-refractivity contribution < 1.29 is 8.78 Å². The summed E-state index contributed by atoms with van der Waals surface area (Å²) >= 11 is 0. The van der Waals surface area contributed by atoms with Gasteiger partial charge in [0.25, 0.3) is 0 Å². The molecule has 0 bridgehead atoms. The Labute approximate surface area is 130 Å². The van der Waals surface area contributed by atoms with Crippen LogP contribution >= 0.6 is 24.0 Å². The van der Waals surface area contributed by atoms with Crippen molar-refractivity contribution >= 4 is 29.9 Å². The summed E-state index contributed by atoms with van der Waals surface area (Å²) in [6, 6.07) is 0.462. The first-order valence-electron chi connectivity index (χ1n) is 6.99. The summed E-state index contributed by atoms with van der Waals surface area (Å²) in [5.41, 5.74) is 5.81. The van der Waals surface area contributed by atoms with Crippen molar-refractivity contribution in [1.29, 1.82) is 0 Å². The molecule has 0 heterocycles. The number of aliphatic imine (C=N–C) groups is 1.